The van der Waals surface area contributed by atoms with Crippen LogP contribution in [0.1, 0.15) is 12.5 Å². The van der Waals surface area contributed by atoms with Crippen molar-refractivity contribution in [2.75, 3.05) is 31.6 Å². The van der Waals surface area contributed by atoms with Gasteiger partial charge < -0.3 is 15.0 Å². The van der Waals surface area contributed by atoms with E-state index in [1.165, 1.54) is 0 Å². The van der Waals surface area contributed by atoms with Crippen molar-refractivity contribution in [3.8, 4) is 0 Å². The third-order valence-corrected chi connectivity index (χ3v) is 2.99. The standard InChI is InChI=1S/C12H18N4O2/c1-3-9-6-14-12(15-7-9)16-4-5-18-10(8-16)11(17)13-2/h6-7,10H,3-5,8H2,1-2H3,(H,13,17). The quantitative estimate of drug-likeness (QED) is 0.817. The molecule has 1 aromatic heterocycles. The van der Waals surface area contributed by atoms with Gasteiger partial charge >= 0.3 is 0 Å². The molecule has 1 unspecified atom stereocenters. The maximum absolute atomic E-state index is 11.5. The number of rotatable bonds is 3. The van der Waals surface area contributed by atoms with E-state index in [4.69, 9.17) is 4.74 Å². The lowest BCUT2D eigenvalue weighted by atomic mass is 10.2. The van der Waals surface area contributed by atoms with Gasteiger partial charge in [-0.25, -0.2) is 9.97 Å². The summed E-state index contributed by atoms with van der Waals surface area (Å²) >= 11 is 0. The molecule has 0 spiro atoms. The second kappa shape index (κ2) is 5.77. The van der Waals surface area contributed by atoms with Crippen LogP contribution in [0.4, 0.5) is 5.95 Å². The fraction of sp³-hybridized carbons (Fsp3) is 0.583. The molecule has 1 aromatic rings. The molecule has 2 rings (SSSR count). The number of aromatic nitrogens is 2. The molecule has 6 heteroatoms. The molecule has 1 aliphatic heterocycles. The van der Waals surface area contributed by atoms with E-state index < -0.39 is 6.10 Å². The van der Waals surface area contributed by atoms with Crippen molar-refractivity contribution < 1.29 is 9.53 Å². The Morgan fingerprint density at radius 1 is 1.56 bits per heavy atom. The van der Waals surface area contributed by atoms with Gasteiger partial charge in [-0.3, -0.25) is 4.79 Å². The Bertz CT molecular complexity index is 407. The number of hydrogen-bond acceptors (Lipinski definition) is 5. The van der Waals surface area contributed by atoms with E-state index in [0.717, 1.165) is 12.0 Å². The number of anilines is 1. The van der Waals surface area contributed by atoms with Crippen LogP contribution in [0.5, 0.6) is 0 Å². The summed E-state index contributed by atoms with van der Waals surface area (Å²) in [5.41, 5.74) is 1.11. The molecule has 98 valence electrons. The lowest BCUT2D eigenvalue weighted by Crippen LogP contribution is -2.49. The van der Waals surface area contributed by atoms with Gasteiger partial charge in [-0.05, 0) is 12.0 Å². The molecule has 0 aliphatic carbocycles. The summed E-state index contributed by atoms with van der Waals surface area (Å²) in [6, 6.07) is 0. The first kappa shape index (κ1) is 12.8. The summed E-state index contributed by atoms with van der Waals surface area (Å²) in [4.78, 5) is 22.2. The van der Waals surface area contributed by atoms with E-state index in [1.54, 1.807) is 7.05 Å². The smallest absolute Gasteiger partial charge is 0.250 e. The van der Waals surface area contributed by atoms with Gasteiger partial charge in [0.25, 0.3) is 5.91 Å². The van der Waals surface area contributed by atoms with E-state index in [9.17, 15) is 4.79 Å². The fourth-order valence-corrected chi connectivity index (χ4v) is 1.84. The third-order valence-electron chi connectivity index (χ3n) is 2.99. The Balaban J connectivity index is 2.05. The number of aryl methyl sites for hydroxylation is 1. The normalized spacial score (nSPS) is 19.7. The minimum absolute atomic E-state index is 0.107. The summed E-state index contributed by atoms with van der Waals surface area (Å²) in [7, 11) is 1.61. The first-order valence-electron chi connectivity index (χ1n) is 6.13. The van der Waals surface area contributed by atoms with Crippen molar-refractivity contribution in [1.29, 1.82) is 0 Å². The summed E-state index contributed by atoms with van der Waals surface area (Å²) in [5.74, 6) is 0.550. The average molecular weight is 250 g/mol. The highest BCUT2D eigenvalue weighted by Gasteiger charge is 2.27. The molecule has 1 fully saturated rings. The van der Waals surface area contributed by atoms with Crippen LogP contribution in [0.3, 0.4) is 0 Å². The van der Waals surface area contributed by atoms with Gasteiger partial charge in [0.05, 0.1) is 13.2 Å². The van der Waals surface area contributed by atoms with Gasteiger partial charge in [0.2, 0.25) is 5.95 Å². The molecule has 1 saturated heterocycles. The summed E-state index contributed by atoms with van der Waals surface area (Å²) < 4.78 is 5.42. The molecule has 0 bridgehead atoms. The van der Waals surface area contributed by atoms with Crippen molar-refractivity contribution in [3.05, 3.63) is 18.0 Å². The van der Waals surface area contributed by atoms with E-state index in [0.29, 0.717) is 25.6 Å². The predicted octanol–water partition coefficient (Wildman–Crippen LogP) is -0.00980. The van der Waals surface area contributed by atoms with Gasteiger partial charge in [-0.2, -0.15) is 0 Å². The first-order chi connectivity index (χ1) is 8.74. The number of amides is 1. The monoisotopic (exact) mass is 250 g/mol. The maximum atomic E-state index is 11.5. The van der Waals surface area contributed by atoms with Gasteiger partial charge in [0.15, 0.2) is 6.10 Å². The molecule has 18 heavy (non-hydrogen) atoms. The van der Waals surface area contributed by atoms with Crippen LogP contribution in [0.15, 0.2) is 12.4 Å². The topological polar surface area (TPSA) is 67.4 Å². The Morgan fingerprint density at radius 2 is 2.28 bits per heavy atom. The van der Waals surface area contributed by atoms with Gasteiger partial charge in [0, 0.05) is 26.0 Å². The highest BCUT2D eigenvalue weighted by molar-refractivity contribution is 5.81. The number of morpholine rings is 1. The largest absolute Gasteiger partial charge is 0.365 e. The molecule has 1 atom stereocenters. The third kappa shape index (κ3) is 2.76. The Kier molecular flexibility index (Phi) is 4.09. The van der Waals surface area contributed by atoms with Crippen LogP contribution >= 0.6 is 0 Å². The lowest BCUT2D eigenvalue weighted by Gasteiger charge is -2.31. The number of likely N-dealkylation sites (N-methyl/N-ethyl adjacent to an activating group) is 1. The van der Waals surface area contributed by atoms with Crippen LogP contribution in [-0.4, -0.2) is 48.7 Å². The number of hydrogen-bond donors (Lipinski definition) is 1. The molecule has 6 nitrogen and oxygen atoms in total. The summed E-state index contributed by atoms with van der Waals surface area (Å²) in [6.45, 7) is 3.77. The van der Waals surface area contributed by atoms with Gasteiger partial charge in [-0.15, -0.1) is 0 Å². The SMILES string of the molecule is CCc1cnc(N2CCOC(C(=O)NC)C2)nc1. The van der Waals surface area contributed by atoms with Gasteiger partial charge in [-0.1, -0.05) is 6.92 Å². The van der Waals surface area contributed by atoms with Crippen molar-refractivity contribution >= 4 is 11.9 Å². The van der Waals surface area contributed by atoms with E-state index >= 15 is 0 Å². The zero-order chi connectivity index (χ0) is 13.0. The second-order valence-corrected chi connectivity index (χ2v) is 4.16. The number of ether oxygens (including phenoxy) is 1. The van der Waals surface area contributed by atoms with E-state index in [-0.39, 0.29) is 5.91 Å². The molecule has 0 aromatic carbocycles. The van der Waals surface area contributed by atoms with Crippen LogP contribution in [0.2, 0.25) is 0 Å². The minimum Gasteiger partial charge on any atom is -0.365 e. The molecular formula is C12H18N4O2. The van der Waals surface area contributed by atoms with Gasteiger partial charge in [0.1, 0.15) is 0 Å². The van der Waals surface area contributed by atoms with Crippen LogP contribution in [0.25, 0.3) is 0 Å². The van der Waals surface area contributed by atoms with Crippen molar-refractivity contribution in [3.63, 3.8) is 0 Å². The minimum atomic E-state index is -0.446. The first-order valence-corrected chi connectivity index (χ1v) is 6.13. The lowest BCUT2D eigenvalue weighted by molar-refractivity contribution is -0.132. The van der Waals surface area contributed by atoms with Crippen LogP contribution in [0, 0.1) is 0 Å². The molecule has 1 N–H and O–H groups in total. The highest BCUT2D eigenvalue weighted by atomic mass is 16.5. The number of carbonyl (C=O) groups is 1. The van der Waals surface area contributed by atoms with E-state index in [2.05, 4.69) is 22.2 Å². The molecule has 2 heterocycles. The summed E-state index contributed by atoms with van der Waals surface area (Å²) in [5, 5.41) is 2.59. The van der Waals surface area contributed by atoms with Crippen LogP contribution < -0.4 is 10.2 Å². The average Bonchev–Trinajstić information content (AvgIpc) is 2.46. The number of carbonyl (C=O) groups excluding carboxylic acids is 1. The Hall–Kier alpha value is -1.69. The zero-order valence-electron chi connectivity index (χ0n) is 10.7. The molecular weight excluding hydrogens is 232 g/mol. The van der Waals surface area contributed by atoms with E-state index in [1.807, 2.05) is 17.3 Å². The number of nitrogens with one attached hydrogen (secondary N) is 1. The molecule has 0 radical (unpaired) electrons. The fourth-order valence-electron chi connectivity index (χ4n) is 1.84. The Morgan fingerprint density at radius 3 is 2.89 bits per heavy atom. The van der Waals surface area contributed by atoms with Crippen molar-refractivity contribution in [2.24, 2.45) is 0 Å². The summed E-state index contributed by atoms with van der Waals surface area (Å²) in [6.07, 6.45) is 4.13. The zero-order valence-corrected chi connectivity index (χ0v) is 10.7. The highest BCUT2D eigenvalue weighted by Crippen LogP contribution is 2.13. The molecule has 1 amide bonds. The number of nitrogens with zero attached hydrogens (tertiary/aromatic N) is 3. The molecule has 0 saturated carbocycles. The maximum Gasteiger partial charge on any atom is 0.250 e. The van der Waals surface area contributed by atoms with Crippen molar-refractivity contribution in [1.82, 2.24) is 15.3 Å². The predicted molar refractivity (Wildman–Crippen MR) is 67.4 cm³/mol. The Labute approximate surface area is 106 Å². The van der Waals surface area contributed by atoms with Crippen LogP contribution in [-0.2, 0) is 16.0 Å². The molecule has 1 aliphatic rings. The second-order valence-electron chi connectivity index (χ2n) is 4.16. The van der Waals surface area contributed by atoms with Crippen molar-refractivity contribution in [2.45, 2.75) is 19.4 Å².